The molecule has 0 bridgehead atoms. The fourth-order valence-electron chi connectivity index (χ4n) is 3.15. The average molecular weight is 271 g/mol. The van der Waals surface area contributed by atoms with Gasteiger partial charge in [-0.3, -0.25) is 4.79 Å². The van der Waals surface area contributed by atoms with Gasteiger partial charge in [0.25, 0.3) is 0 Å². The maximum Gasteiger partial charge on any atom is 0.226 e. The van der Waals surface area contributed by atoms with E-state index in [1.54, 1.807) is 0 Å². The molecule has 0 aromatic heterocycles. The van der Waals surface area contributed by atoms with Crippen molar-refractivity contribution in [3.05, 3.63) is 35.4 Å². The third-order valence-corrected chi connectivity index (χ3v) is 4.62. The molecule has 0 N–H and O–H groups in total. The fourth-order valence-corrected chi connectivity index (χ4v) is 3.15. The first-order valence-corrected chi connectivity index (χ1v) is 7.88. The van der Waals surface area contributed by atoms with E-state index in [1.807, 2.05) is 0 Å². The minimum Gasteiger partial charge on any atom is -0.335 e. The molecule has 108 valence electrons. The first-order chi connectivity index (χ1) is 9.47. The predicted molar refractivity (Wildman–Crippen MR) is 81.6 cm³/mol. The van der Waals surface area contributed by atoms with Crippen molar-refractivity contribution in [2.75, 3.05) is 6.54 Å². The molecule has 3 rings (SSSR count). The van der Waals surface area contributed by atoms with Gasteiger partial charge >= 0.3 is 0 Å². The molecule has 1 saturated heterocycles. The number of amides is 1. The highest BCUT2D eigenvalue weighted by Crippen LogP contribution is 2.39. The van der Waals surface area contributed by atoms with Gasteiger partial charge in [-0.25, -0.2) is 0 Å². The molecule has 2 aliphatic rings. The monoisotopic (exact) mass is 271 g/mol. The topological polar surface area (TPSA) is 20.3 Å². The van der Waals surface area contributed by atoms with Crippen LogP contribution in [0.1, 0.15) is 63.6 Å². The average Bonchev–Trinajstić information content (AvgIpc) is 3.14. The van der Waals surface area contributed by atoms with Crippen LogP contribution in [-0.4, -0.2) is 17.4 Å². The van der Waals surface area contributed by atoms with Crippen LogP contribution < -0.4 is 0 Å². The van der Waals surface area contributed by atoms with Crippen LogP contribution in [0.15, 0.2) is 24.3 Å². The largest absolute Gasteiger partial charge is 0.335 e. The van der Waals surface area contributed by atoms with Crippen LogP contribution in [0.25, 0.3) is 0 Å². The van der Waals surface area contributed by atoms with Crippen molar-refractivity contribution in [3.63, 3.8) is 0 Å². The Kier molecular flexibility index (Phi) is 3.35. The molecule has 1 amide bonds. The number of rotatable bonds is 2. The van der Waals surface area contributed by atoms with Gasteiger partial charge in [0.15, 0.2) is 0 Å². The van der Waals surface area contributed by atoms with Crippen LogP contribution in [0.2, 0.25) is 0 Å². The van der Waals surface area contributed by atoms with Crippen LogP contribution in [0.4, 0.5) is 0 Å². The summed E-state index contributed by atoms with van der Waals surface area (Å²) in [5.74, 6) is 0.733. The minimum absolute atomic E-state index is 0.192. The molecule has 0 spiro atoms. The van der Waals surface area contributed by atoms with Gasteiger partial charge in [0.2, 0.25) is 5.91 Å². The minimum atomic E-state index is 0.192. The highest BCUT2D eigenvalue weighted by Gasteiger charge is 2.38. The van der Waals surface area contributed by atoms with E-state index in [1.165, 1.54) is 11.1 Å². The Morgan fingerprint density at radius 3 is 2.30 bits per heavy atom. The molecule has 2 fully saturated rings. The summed E-state index contributed by atoms with van der Waals surface area (Å²) in [4.78, 5) is 14.5. The van der Waals surface area contributed by atoms with Crippen molar-refractivity contribution in [3.8, 4) is 0 Å². The van der Waals surface area contributed by atoms with Crippen molar-refractivity contribution >= 4 is 5.91 Å². The second kappa shape index (κ2) is 4.91. The molecule has 2 nitrogen and oxygen atoms in total. The molecule has 1 heterocycles. The Bertz CT molecular complexity index is 493. The van der Waals surface area contributed by atoms with Crippen LogP contribution in [0, 0.1) is 5.92 Å². The van der Waals surface area contributed by atoms with Gasteiger partial charge in [0.1, 0.15) is 0 Å². The molecular formula is C18H25NO. The molecule has 0 unspecified atom stereocenters. The van der Waals surface area contributed by atoms with Crippen molar-refractivity contribution in [1.82, 2.24) is 4.90 Å². The van der Waals surface area contributed by atoms with E-state index in [9.17, 15) is 4.79 Å². The second-order valence-electron chi connectivity index (χ2n) is 7.34. The number of likely N-dealkylation sites (tertiary alicyclic amines) is 1. The smallest absolute Gasteiger partial charge is 0.226 e. The van der Waals surface area contributed by atoms with E-state index in [4.69, 9.17) is 0 Å². The third-order valence-electron chi connectivity index (χ3n) is 4.62. The van der Waals surface area contributed by atoms with Gasteiger partial charge in [0.05, 0.1) is 6.04 Å². The van der Waals surface area contributed by atoms with Crippen LogP contribution in [0.5, 0.6) is 0 Å². The zero-order valence-electron chi connectivity index (χ0n) is 12.9. The Labute approximate surface area is 122 Å². The summed E-state index contributed by atoms with van der Waals surface area (Å²) in [5.41, 5.74) is 2.86. The van der Waals surface area contributed by atoms with Crippen molar-refractivity contribution in [2.24, 2.45) is 5.92 Å². The third kappa shape index (κ3) is 2.61. The zero-order valence-corrected chi connectivity index (χ0v) is 12.9. The zero-order chi connectivity index (χ0) is 14.3. The summed E-state index contributed by atoms with van der Waals surface area (Å²) < 4.78 is 0. The lowest BCUT2D eigenvalue weighted by Crippen LogP contribution is -2.31. The first kappa shape index (κ1) is 13.7. The van der Waals surface area contributed by atoms with E-state index in [2.05, 4.69) is 49.9 Å². The predicted octanol–water partition coefficient (Wildman–Crippen LogP) is 4.06. The number of nitrogens with zero attached hydrogens (tertiary/aromatic N) is 1. The van der Waals surface area contributed by atoms with Gasteiger partial charge in [0, 0.05) is 12.5 Å². The number of carbonyl (C=O) groups is 1. The Morgan fingerprint density at radius 1 is 1.10 bits per heavy atom. The molecule has 2 heteroatoms. The molecule has 1 aliphatic heterocycles. The number of hydrogen-bond acceptors (Lipinski definition) is 1. The SMILES string of the molecule is CC(C)(C)c1ccc([C@H]2CCCN2C(=O)C2CC2)cc1. The molecule has 20 heavy (non-hydrogen) atoms. The summed E-state index contributed by atoms with van der Waals surface area (Å²) >= 11 is 0. The highest BCUT2D eigenvalue weighted by molar-refractivity contribution is 5.81. The second-order valence-corrected chi connectivity index (χ2v) is 7.34. The molecule has 1 atom stereocenters. The van der Waals surface area contributed by atoms with E-state index < -0.39 is 0 Å². The summed E-state index contributed by atoms with van der Waals surface area (Å²) in [6.45, 7) is 7.66. The van der Waals surface area contributed by atoms with Crippen molar-refractivity contribution in [2.45, 2.75) is 57.9 Å². The summed E-state index contributed by atoms with van der Waals surface area (Å²) in [6, 6.07) is 9.23. The quantitative estimate of drug-likeness (QED) is 0.794. The maximum absolute atomic E-state index is 12.3. The van der Waals surface area contributed by atoms with Crippen LogP contribution in [0.3, 0.4) is 0 Å². The lowest BCUT2D eigenvalue weighted by Gasteiger charge is -2.26. The molecule has 0 radical (unpaired) electrons. The summed E-state index contributed by atoms with van der Waals surface area (Å²) in [6.07, 6.45) is 4.47. The van der Waals surface area contributed by atoms with Gasteiger partial charge in [-0.2, -0.15) is 0 Å². The van der Waals surface area contributed by atoms with Gasteiger partial charge < -0.3 is 4.90 Å². The number of carbonyl (C=O) groups excluding carboxylic acids is 1. The summed E-state index contributed by atoms with van der Waals surface area (Å²) in [7, 11) is 0. The van der Waals surface area contributed by atoms with Crippen molar-refractivity contribution in [1.29, 1.82) is 0 Å². The van der Waals surface area contributed by atoms with E-state index in [0.717, 1.165) is 32.2 Å². The molecular weight excluding hydrogens is 246 g/mol. The number of benzene rings is 1. The summed E-state index contributed by atoms with van der Waals surface area (Å²) in [5, 5.41) is 0. The van der Waals surface area contributed by atoms with Crippen molar-refractivity contribution < 1.29 is 4.79 Å². The Hall–Kier alpha value is -1.31. The fraction of sp³-hybridized carbons (Fsp3) is 0.611. The lowest BCUT2D eigenvalue weighted by atomic mass is 9.86. The van der Waals surface area contributed by atoms with Crippen LogP contribution >= 0.6 is 0 Å². The van der Waals surface area contributed by atoms with Crippen LogP contribution in [-0.2, 0) is 10.2 Å². The number of hydrogen-bond donors (Lipinski definition) is 0. The molecule has 1 aromatic carbocycles. The molecule has 1 aliphatic carbocycles. The Morgan fingerprint density at radius 2 is 1.75 bits per heavy atom. The van der Waals surface area contributed by atoms with E-state index in [-0.39, 0.29) is 5.41 Å². The van der Waals surface area contributed by atoms with Gasteiger partial charge in [-0.1, -0.05) is 45.0 Å². The lowest BCUT2D eigenvalue weighted by molar-refractivity contribution is -0.133. The highest BCUT2D eigenvalue weighted by atomic mass is 16.2. The maximum atomic E-state index is 12.3. The first-order valence-electron chi connectivity index (χ1n) is 7.88. The molecule has 1 saturated carbocycles. The normalized spacial score (nSPS) is 23.1. The van der Waals surface area contributed by atoms with E-state index in [0.29, 0.717) is 17.9 Å². The molecule has 1 aromatic rings. The standard InChI is InChI=1S/C18H25NO/c1-18(2,3)15-10-8-13(9-11-15)16-5-4-12-19(16)17(20)14-6-7-14/h8-11,14,16H,4-7,12H2,1-3H3/t16-/m1/s1. The van der Waals surface area contributed by atoms with E-state index >= 15 is 0 Å². The van der Waals surface area contributed by atoms with Gasteiger partial charge in [-0.15, -0.1) is 0 Å². The van der Waals surface area contributed by atoms with Gasteiger partial charge in [-0.05, 0) is 42.2 Å². The Balaban J connectivity index is 1.79.